The molecule has 2 fully saturated rings. The van der Waals surface area contributed by atoms with E-state index in [2.05, 4.69) is 11.4 Å². The van der Waals surface area contributed by atoms with Gasteiger partial charge in [-0.05, 0) is 43.4 Å². The van der Waals surface area contributed by atoms with Crippen molar-refractivity contribution in [1.82, 2.24) is 10.2 Å². The van der Waals surface area contributed by atoms with Crippen LogP contribution in [0.1, 0.15) is 25.7 Å². The fourth-order valence-corrected chi connectivity index (χ4v) is 3.43. The first kappa shape index (κ1) is 16.8. The second-order valence-electron chi connectivity index (χ2n) is 6.11. The number of likely N-dealkylation sites (tertiary alicyclic amines) is 1. The maximum Gasteiger partial charge on any atom is 0.328 e. The Labute approximate surface area is 145 Å². The summed E-state index contributed by atoms with van der Waals surface area (Å²) in [6, 6.07) is 4.83. The Morgan fingerprint density at radius 2 is 2.38 bits per heavy atom. The highest BCUT2D eigenvalue weighted by Crippen LogP contribution is 2.23. The van der Waals surface area contributed by atoms with Crippen LogP contribution in [0.25, 0.3) is 0 Å². The first-order valence-electron chi connectivity index (χ1n) is 8.06. The number of rotatable bonds is 4. The summed E-state index contributed by atoms with van der Waals surface area (Å²) in [5, 5.41) is 23.8. The second-order valence-corrected chi connectivity index (χ2v) is 6.47. The predicted molar refractivity (Wildman–Crippen MR) is 86.2 cm³/mol. The zero-order valence-electron chi connectivity index (χ0n) is 13.2. The van der Waals surface area contributed by atoms with Crippen molar-refractivity contribution in [2.75, 3.05) is 13.2 Å². The van der Waals surface area contributed by atoms with E-state index in [4.69, 9.17) is 21.6 Å². The van der Waals surface area contributed by atoms with Crippen molar-refractivity contribution in [2.24, 2.45) is 0 Å². The van der Waals surface area contributed by atoms with Gasteiger partial charge in [0.2, 0.25) is 11.7 Å². The third kappa shape index (κ3) is 3.40. The van der Waals surface area contributed by atoms with Crippen molar-refractivity contribution >= 4 is 17.5 Å². The van der Waals surface area contributed by atoms with E-state index in [-0.39, 0.29) is 29.2 Å². The van der Waals surface area contributed by atoms with E-state index in [1.165, 1.54) is 6.20 Å². The van der Waals surface area contributed by atoms with Crippen LogP contribution >= 0.6 is 11.6 Å². The monoisotopic (exact) mass is 350 g/mol. The normalized spacial score (nSPS) is 26.3. The molecule has 24 heavy (non-hydrogen) atoms. The Balaban J connectivity index is 1.53. The molecule has 1 N–H and O–H groups in total. The number of pyridine rings is 1. The maximum atomic E-state index is 12.5. The molecule has 0 aliphatic carbocycles. The van der Waals surface area contributed by atoms with Crippen molar-refractivity contribution < 1.29 is 14.3 Å². The zero-order chi connectivity index (χ0) is 17.1. The molecule has 2 saturated heterocycles. The molecule has 1 aromatic rings. The third-order valence-electron chi connectivity index (χ3n) is 4.53. The predicted octanol–water partition coefficient (Wildman–Crippen LogP) is 0.987. The van der Waals surface area contributed by atoms with Gasteiger partial charge < -0.3 is 14.8 Å². The van der Waals surface area contributed by atoms with Gasteiger partial charge in [-0.25, -0.2) is 0 Å². The van der Waals surface area contributed by atoms with E-state index >= 15 is 0 Å². The van der Waals surface area contributed by atoms with Crippen molar-refractivity contribution in [2.45, 2.75) is 43.8 Å². The molecule has 3 atom stereocenters. The van der Waals surface area contributed by atoms with E-state index in [0.29, 0.717) is 30.1 Å². The van der Waals surface area contributed by atoms with Gasteiger partial charge in [0.15, 0.2) is 6.20 Å². The van der Waals surface area contributed by atoms with Gasteiger partial charge in [-0.15, -0.1) is 0 Å². The highest BCUT2D eigenvalue weighted by atomic mass is 35.5. The van der Waals surface area contributed by atoms with Crippen LogP contribution in [0.3, 0.4) is 0 Å². The number of halogens is 1. The van der Waals surface area contributed by atoms with Crippen LogP contribution in [0.5, 0.6) is 5.75 Å². The second kappa shape index (κ2) is 7.24. The van der Waals surface area contributed by atoms with E-state index < -0.39 is 0 Å². The first-order valence-corrected chi connectivity index (χ1v) is 8.44. The van der Waals surface area contributed by atoms with E-state index in [9.17, 15) is 10.0 Å². The molecule has 2 aliphatic rings. The third-order valence-corrected chi connectivity index (χ3v) is 4.88. The van der Waals surface area contributed by atoms with Gasteiger partial charge in [0, 0.05) is 18.7 Å². The fourth-order valence-electron chi connectivity index (χ4n) is 3.26. The number of nitrogens with one attached hydrogen (secondary N) is 1. The summed E-state index contributed by atoms with van der Waals surface area (Å²) < 4.78 is 6.15. The average Bonchev–Trinajstić information content (AvgIpc) is 3.24. The number of carbonyl (C=O) groups excluding carboxylic acids is 1. The SMILES string of the molecule is N#C[C@@H]1CCCN1C(=O)[C@@H]1CC[C@H](COc2ccc[n+]([O-])c2Cl)N1. The lowest BCUT2D eigenvalue weighted by Crippen LogP contribution is -2.47. The van der Waals surface area contributed by atoms with E-state index in [1.54, 1.807) is 17.0 Å². The van der Waals surface area contributed by atoms with Crippen molar-refractivity contribution in [1.29, 1.82) is 5.26 Å². The number of amides is 1. The summed E-state index contributed by atoms with van der Waals surface area (Å²) in [5.74, 6) is 0.325. The Morgan fingerprint density at radius 1 is 1.54 bits per heavy atom. The summed E-state index contributed by atoms with van der Waals surface area (Å²) in [4.78, 5) is 14.2. The lowest BCUT2D eigenvalue weighted by molar-refractivity contribution is -0.603. The largest absolute Gasteiger partial charge is 0.618 e. The minimum absolute atomic E-state index is 0.00273. The quantitative estimate of drug-likeness (QED) is 0.496. The summed E-state index contributed by atoms with van der Waals surface area (Å²) in [5.41, 5.74) is 0. The molecule has 8 heteroatoms. The molecule has 0 unspecified atom stereocenters. The topological polar surface area (TPSA) is 92.3 Å². The first-order chi connectivity index (χ1) is 11.6. The van der Waals surface area contributed by atoms with Crippen LogP contribution in [0.4, 0.5) is 0 Å². The van der Waals surface area contributed by atoms with Gasteiger partial charge in [0.1, 0.15) is 12.6 Å². The molecule has 7 nitrogen and oxygen atoms in total. The molecule has 0 bridgehead atoms. The van der Waals surface area contributed by atoms with Gasteiger partial charge in [0.25, 0.3) is 0 Å². The number of carbonyl (C=O) groups is 1. The molecule has 0 spiro atoms. The van der Waals surface area contributed by atoms with E-state index in [1.807, 2.05) is 0 Å². The lowest BCUT2D eigenvalue weighted by atomic mass is 10.1. The lowest BCUT2D eigenvalue weighted by Gasteiger charge is -2.23. The summed E-state index contributed by atoms with van der Waals surface area (Å²) in [6.07, 6.45) is 4.45. The van der Waals surface area contributed by atoms with Crippen molar-refractivity contribution in [3.05, 3.63) is 28.7 Å². The number of ether oxygens (including phenoxy) is 1. The Kier molecular flexibility index (Phi) is 5.07. The molecular weight excluding hydrogens is 332 g/mol. The van der Waals surface area contributed by atoms with Crippen molar-refractivity contribution in [3.8, 4) is 11.8 Å². The van der Waals surface area contributed by atoms with Gasteiger partial charge in [0.05, 0.1) is 12.1 Å². The number of nitriles is 1. The highest BCUT2D eigenvalue weighted by molar-refractivity contribution is 6.29. The molecule has 0 radical (unpaired) electrons. The smallest absolute Gasteiger partial charge is 0.328 e. The molecule has 2 aliphatic heterocycles. The molecule has 128 valence electrons. The minimum atomic E-state index is -0.301. The van der Waals surface area contributed by atoms with Crippen LogP contribution in [-0.2, 0) is 4.79 Å². The van der Waals surface area contributed by atoms with Gasteiger partial charge >= 0.3 is 5.15 Å². The molecule has 3 rings (SSSR count). The maximum absolute atomic E-state index is 12.5. The number of hydrogen-bond acceptors (Lipinski definition) is 5. The molecule has 0 saturated carbocycles. The van der Waals surface area contributed by atoms with E-state index in [0.717, 1.165) is 19.3 Å². The zero-order valence-corrected chi connectivity index (χ0v) is 13.9. The Bertz CT molecular complexity index is 663. The van der Waals surface area contributed by atoms with Gasteiger partial charge in [-0.3, -0.25) is 10.1 Å². The van der Waals surface area contributed by atoms with Gasteiger partial charge in [-0.2, -0.15) is 9.99 Å². The highest BCUT2D eigenvalue weighted by Gasteiger charge is 2.37. The Hall–Kier alpha value is -2.04. The van der Waals surface area contributed by atoms with Crippen LogP contribution in [0, 0.1) is 16.5 Å². The number of aromatic nitrogens is 1. The van der Waals surface area contributed by atoms with Gasteiger partial charge in [-0.1, -0.05) is 0 Å². The Morgan fingerprint density at radius 3 is 3.17 bits per heavy atom. The molecular formula is C16H19ClN4O3. The van der Waals surface area contributed by atoms with Crippen LogP contribution in [0.2, 0.25) is 5.15 Å². The van der Waals surface area contributed by atoms with Crippen LogP contribution < -0.4 is 14.8 Å². The molecule has 1 aromatic heterocycles. The minimum Gasteiger partial charge on any atom is -0.618 e. The van der Waals surface area contributed by atoms with Crippen LogP contribution in [-0.4, -0.2) is 42.1 Å². The summed E-state index contributed by atoms with van der Waals surface area (Å²) in [7, 11) is 0. The standard InChI is InChI=1S/C16H19ClN4O3/c17-15-14(4-2-8-21(15)23)24-10-11-5-6-13(19-11)16(22)20-7-1-3-12(20)9-18/h2,4,8,11-13,19H,1,3,5-7,10H2/t11-,12+,13+/m1/s1. The number of hydrogen-bond donors (Lipinski definition) is 1. The average molecular weight is 351 g/mol. The fraction of sp³-hybridized carbons (Fsp3) is 0.562. The molecule has 1 amide bonds. The van der Waals surface area contributed by atoms with Crippen LogP contribution in [0.15, 0.2) is 18.3 Å². The summed E-state index contributed by atoms with van der Waals surface area (Å²) >= 11 is 5.89. The van der Waals surface area contributed by atoms with Crippen molar-refractivity contribution in [3.63, 3.8) is 0 Å². The number of nitrogens with zero attached hydrogens (tertiary/aromatic N) is 3. The molecule has 3 heterocycles. The summed E-state index contributed by atoms with van der Waals surface area (Å²) in [6.45, 7) is 0.981. The molecule has 0 aromatic carbocycles.